The molecular formula is C21H21N5O3. The van der Waals surface area contributed by atoms with Gasteiger partial charge in [0.25, 0.3) is 0 Å². The van der Waals surface area contributed by atoms with E-state index in [1.54, 1.807) is 24.3 Å². The van der Waals surface area contributed by atoms with Gasteiger partial charge in [-0.3, -0.25) is 4.90 Å². The van der Waals surface area contributed by atoms with Gasteiger partial charge in [0.15, 0.2) is 0 Å². The number of aromatic nitrogens is 4. The number of para-hydroxylation sites is 2. The molecule has 0 amide bonds. The molecule has 1 N–H and O–H groups in total. The van der Waals surface area contributed by atoms with E-state index < -0.39 is 0 Å². The third-order valence-corrected chi connectivity index (χ3v) is 5.08. The fourth-order valence-corrected chi connectivity index (χ4v) is 3.56. The summed E-state index contributed by atoms with van der Waals surface area (Å²) in [7, 11) is 0. The van der Waals surface area contributed by atoms with E-state index in [4.69, 9.17) is 14.1 Å². The lowest BCUT2D eigenvalue weighted by Crippen LogP contribution is -2.36. The Balaban J connectivity index is 1.45. The van der Waals surface area contributed by atoms with Gasteiger partial charge in [0, 0.05) is 18.7 Å². The van der Waals surface area contributed by atoms with Crippen molar-refractivity contribution < 1.29 is 14.3 Å². The van der Waals surface area contributed by atoms with Crippen LogP contribution in [-0.2, 0) is 17.8 Å². The summed E-state index contributed by atoms with van der Waals surface area (Å²) in [5, 5.41) is 17.8. The summed E-state index contributed by atoms with van der Waals surface area (Å²) >= 11 is 0. The number of hydrogen-bond acceptors (Lipinski definition) is 7. The summed E-state index contributed by atoms with van der Waals surface area (Å²) in [6.45, 7) is 4.49. The second-order valence-corrected chi connectivity index (χ2v) is 7.04. The molecule has 2 aromatic carbocycles. The van der Waals surface area contributed by atoms with Gasteiger partial charge in [0.05, 0.1) is 30.8 Å². The molecule has 148 valence electrons. The number of ether oxygens (including phenoxy) is 1. The quantitative estimate of drug-likeness (QED) is 0.559. The minimum Gasteiger partial charge on any atom is -0.508 e. The van der Waals surface area contributed by atoms with Crippen molar-refractivity contribution >= 4 is 11.0 Å². The standard InChI is InChI=1S/C21H21N5O3/c27-16-7-5-15(6-8-16)21-24-23-20(29-21)14-26-18-4-2-1-3-17(18)22-19(26)13-25-9-11-28-12-10-25/h1-8,27H,9-14H2. The van der Waals surface area contributed by atoms with E-state index in [9.17, 15) is 5.11 Å². The third kappa shape index (κ3) is 3.72. The van der Waals surface area contributed by atoms with Crippen molar-refractivity contribution in [2.75, 3.05) is 26.3 Å². The largest absolute Gasteiger partial charge is 0.508 e. The van der Waals surface area contributed by atoms with Crippen LogP contribution in [0.15, 0.2) is 52.9 Å². The zero-order valence-electron chi connectivity index (χ0n) is 15.9. The average molecular weight is 391 g/mol. The Morgan fingerprint density at radius 2 is 1.72 bits per heavy atom. The second-order valence-electron chi connectivity index (χ2n) is 7.04. The number of imidazole rings is 1. The highest BCUT2D eigenvalue weighted by atomic mass is 16.5. The highest BCUT2D eigenvalue weighted by molar-refractivity contribution is 5.76. The monoisotopic (exact) mass is 391 g/mol. The van der Waals surface area contributed by atoms with Crippen molar-refractivity contribution in [2.45, 2.75) is 13.1 Å². The Hall–Kier alpha value is -3.23. The molecular weight excluding hydrogens is 370 g/mol. The number of hydrogen-bond donors (Lipinski definition) is 1. The zero-order valence-corrected chi connectivity index (χ0v) is 15.9. The van der Waals surface area contributed by atoms with Gasteiger partial charge in [-0.1, -0.05) is 12.1 Å². The zero-order chi connectivity index (χ0) is 19.6. The predicted molar refractivity (Wildman–Crippen MR) is 106 cm³/mol. The lowest BCUT2D eigenvalue weighted by molar-refractivity contribution is 0.0327. The Morgan fingerprint density at radius 3 is 2.55 bits per heavy atom. The van der Waals surface area contributed by atoms with E-state index in [0.29, 0.717) is 18.3 Å². The molecule has 0 bridgehead atoms. The normalized spacial score (nSPS) is 15.2. The van der Waals surface area contributed by atoms with Crippen molar-refractivity contribution in [3.63, 3.8) is 0 Å². The molecule has 0 radical (unpaired) electrons. The van der Waals surface area contributed by atoms with Crippen LogP contribution < -0.4 is 0 Å². The van der Waals surface area contributed by atoms with Gasteiger partial charge >= 0.3 is 0 Å². The Labute approximate surface area is 167 Å². The molecule has 8 nitrogen and oxygen atoms in total. The molecule has 4 aromatic rings. The number of phenols is 1. The number of phenolic OH excluding ortho intramolecular Hbond substituents is 1. The number of rotatable bonds is 5. The van der Waals surface area contributed by atoms with E-state index in [-0.39, 0.29) is 5.75 Å². The van der Waals surface area contributed by atoms with Gasteiger partial charge in [-0.05, 0) is 36.4 Å². The number of nitrogens with zero attached hydrogens (tertiary/aromatic N) is 5. The summed E-state index contributed by atoms with van der Waals surface area (Å²) in [5.74, 6) is 2.11. The first-order valence-electron chi connectivity index (χ1n) is 9.62. The van der Waals surface area contributed by atoms with Crippen LogP contribution in [0.1, 0.15) is 11.7 Å². The van der Waals surface area contributed by atoms with Gasteiger partial charge in [-0.25, -0.2) is 4.98 Å². The first-order valence-corrected chi connectivity index (χ1v) is 9.62. The summed E-state index contributed by atoms with van der Waals surface area (Å²) in [5.41, 5.74) is 2.76. The van der Waals surface area contributed by atoms with Gasteiger partial charge in [-0.15, -0.1) is 10.2 Å². The van der Waals surface area contributed by atoms with E-state index >= 15 is 0 Å². The van der Waals surface area contributed by atoms with Crippen LogP contribution in [0.4, 0.5) is 0 Å². The van der Waals surface area contributed by atoms with Crippen molar-refractivity contribution in [1.82, 2.24) is 24.6 Å². The Kier molecular flexibility index (Phi) is 4.71. The summed E-state index contributed by atoms with van der Waals surface area (Å²) < 4.78 is 13.5. The molecule has 2 aromatic heterocycles. The number of benzene rings is 2. The minimum absolute atomic E-state index is 0.200. The van der Waals surface area contributed by atoms with Crippen molar-refractivity contribution in [3.8, 4) is 17.2 Å². The van der Waals surface area contributed by atoms with Crippen molar-refractivity contribution in [2.24, 2.45) is 0 Å². The van der Waals surface area contributed by atoms with E-state index in [0.717, 1.165) is 55.3 Å². The number of morpholine rings is 1. The molecule has 1 fully saturated rings. The molecule has 1 aliphatic rings. The van der Waals surface area contributed by atoms with Crippen LogP contribution in [0.3, 0.4) is 0 Å². The molecule has 0 saturated carbocycles. The molecule has 0 unspecified atom stereocenters. The van der Waals surface area contributed by atoms with Crippen LogP contribution in [0.5, 0.6) is 5.75 Å². The van der Waals surface area contributed by atoms with Crippen LogP contribution in [-0.4, -0.2) is 56.1 Å². The van der Waals surface area contributed by atoms with Gasteiger partial charge in [-0.2, -0.15) is 0 Å². The van der Waals surface area contributed by atoms with Gasteiger partial charge in [0.2, 0.25) is 11.8 Å². The highest BCUT2D eigenvalue weighted by Crippen LogP contribution is 2.23. The van der Waals surface area contributed by atoms with Gasteiger partial charge < -0.3 is 18.8 Å². The van der Waals surface area contributed by atoms with Crippen LogP contribution in [0, 0.1) is 0 Å². The molecule has 1 saturated heterocycles. The van der Waals surface area contributed by atoms with Crippen LogP contribution >= 0.6 is 0 Å². The van der Waals surface area contributed by atoms with Crippen molar-refractivity contribution in [1.29, 1.82) is 0 Å². The average Bonchev–Trinajstić information content (AvgIpc) is 3.35. The maximum atomic E-state index is 9.46. The fourth-order valence-electron chi connectivity index (χ4n) is 3.56. The summed E-state index contributed by atoms with van der Waals surface area (Å²) in [4.78, 5) is 7.18. The highest BCUT2D eigenvalue weighted by Gasteiger charge is 2.18. The SMILES string of the molecule is Oc1ccc(-c2nnc(Cn3c(CN4CCOCC4)nc4ccccc43)o2)cc1. The molecule has 1 aliphatic heterocycles. The molecule has 8 heteroatoms. The maximum Gasteiger partial charge on any atom is 0.247 e. The second kappa shape index (κ2) is 7.65. The minimum atomic E-state index is 0.200. The topological polar surface area (TPSA) is 89.4 Å². The maximum absolute atomic E-state index is 9.46. The lowest BCUT2D eigenvalue weighted by atomic mass is 10.2. The van der Waals surface area contributed by atoms with Crippen molar-refractivity contribution in [3.05, 3.63) is 60.2 Å². The third-order valence-electron chi connectivity index (χ3n) is 5.08. The van der Waals surface area contributed by atoms with E-state index in [2.05, 4.69) is 25.7 Å². The molecule has 0 spiro atoms. The summed E-state index contributed by atoms with van der Waals surface area (Å²) in [6.07, 6.45) is 0. The van der Waals surface area contributed by atoms with Crippen LogP contribution in [0.2, 0.25) is 0 Å². The number of fused-ring (bicyclic) bond motifs is 1. The number of aromatic hydroxyl groups is 1. The summed E-state index contributed by atoms with van der Waals surface area (Å²) in [6, 6.07) is 14.8. The molecule has 3 heterocycles. The van der Waals surface area contributed by atoms with Crippen LogP contribution in [0.25, 0.3) is 22.5 Å². The Morgan fingerprint density at radius 1 is 0.931 bits per heavy atom. The molecule has 0 atom stereocenters. The first-order chi connectivity index (χ1) is 14.3. The molecule has 0 aliphatic carbocycles. The Bertz CT molecular complexity index is 1110. The first kappa shape index (κ1) is 17.8. The molecule has 29 heavy (non-hydrogen) atoms. The predicted octanol–water partition coefficient (Wildman–Crippen LogP) is 2.67. The smallest absolute Gasteiger partial charge is 0.247 e. The fraction of sp³-hybridized carbons (Fsp3) is 0.286. The van der Waals surface area contributed by atoms with E-state index in [1.807, 2.05) is 18.2 Å². The van der Waals surface area contributed by atoms with Gasteiger partial charge in [0.1, 0.15) is 18.1 Å². The van der Waals surface area contributed by atoms with E-state index in [1.165, 1.54) is 0 Å². The lowest BCUT2D eigenvalue weighted by Gasteiger charge is -2.26. The molecule has 5 rings (SSSR count).